The molecule has 17 heteroatoms. The van der Waals surface area contributed by atoms with Gasteiger partial charge in [0.1, 0.15) is 61.2 Å². The largest absolute Gasteiger partial charge is 0.479 e. The van der Waals surface area contributed by atoms with E-state index in [-0.39, 0.29) is 45.5 Å². The number of carbonyl (C=O) groups is 2. The van der Waals surface area contributed by atoms with Gasteiger partial charge in [-0.3, -0.25) is 0 Å². The first kappa shape index (κ1) is 48.8. The third kappa shape index (κ3) is 7.40. The zero-order valence-electron chi connectivity index (χ0n) is 38.5. The molecule has 4 saturated carbocycles. The van der Waals surface area contributed by atoms with Crippen LogP contribution in [0.15, 0.2) is 11.6 Å². The summed E-state index contributed by atoms with van der Waals surface area (Å²) in [5.74, 6) is -1.46. The van der Waals surface area contributed by atoms with Gasteiger partial charge in [-0.2, -0.15) is 0 Å². The van der Waals surface area contributed by atoms with Crippen molar-refractivity contribution >= 4 is 12.3 Å². The highest BCUT2D eigenvalue weighted by atomic mass is 16.8. The summed E-state index contributed by atoms with van der Waals surface area (Å²) in [4.78, 5) is 26.4. The van der Waals surface area contributed by atoms with E-state index in [4.69, 9.17) is 28.4 Å². The lowest BCUT2D eigenvalue weighted by Gasteiger charge is -2.71. The van der Waals surface area contributed by atoms with Crippen molar-refractivity contribution in [3.8, 4) is 0 Å². The van der Waals surface area contributed by atoms with Gasteiger partial charge in [-0.25, -0.2) is 4.79 Å². The number of rotatable bonds is 8. The third-order valence-corrected chi connectivity index (χ3v) is 18.8. The molecule has 9 N–H and O–H groups in total. The van der Waals surface area contributed by atoms with Crippen LogP contribution >= 0.6 is 0 Å². The zero-order chi connectivity index (χ0) is 46.9. The van der Waals surface area contributed by atoms with Crippen LogP contribution in [0, 0.1) is 50.2 Å². The first-order valence-corrected chi connectivity index (χ1v) is 23.5. The Labute approximate surface area is 375 Å². The summed E-state index contributed by atoms with van der Waals surface area (Å²) in [6.45, 7) is 16.6. The molecule has 0 bridgehead atoms. The molecule has 7 fully saturated rings. The molecule has 8 rings (SSSR count). The van der Waals surface area contributed by atoms with E-state index in [1.165, 1.54) is 18.8 Å². The Bertz CT molecular complexity index is 1790. The molecular formula is C47H74O17. The molecule has 0 aromatic rings. The van der Waals surface area contributed by atoms with E-state index in [9.17, 15) is 55.5 Å². The van der Waals surface area contributed by atoms with Gasteiger partial charge in [0.2, 0.25) is 0 Å². The van der Waals surface area contributed by atoms with Crippen molar-refractivity contribution < 1.29 is 84.0 Å². The van der Waals surface area contributed by atoms with Crippen LogP contribution in [0.2, 0.25) is 0 Å². The number of hydrogen-bond donors (Lipinski definition) is 9. The number of aliphatic hydroxyl groups excluding tert-OH is 8. The lowest BCUT2D eigenvalue weighted by Crippen LogP contribution is -2.68. The van der Waals surface area contributed by atoms with Crippen molar-refractivity contribution in [2.75, 3.05) is 6.61 Å². The third-order valence-electron chi connectivity index (χ3n) is 18.8. The molecule has 23 unspecified atom stereocenters. The van der Waals surface area contributed by atoms with E-state index in [2.05, 4.69) is 40.7 Å². The number of aliphatic carboxylic acids is 1. The number of carboxylic acid groups (broad SMARTS) is 1. The zero-order valence-corrected chi connectivity index (χ0v) is 38.5. The van der Waals surface area contributed by atoms with Crippen LogP contribution in [-0.2, 0) is 38.0 Å². The highest BCUT2D eigenvalue weighted by Crippen LogP contribution is 2.75. The maximum Gasteiger partial charge on any atom is 0.335 e. The van der Waals surface area contributed by atoms with Crippen LogP contribution in [0.1, 0.15) is 113 Å². The highest BCUT2D eigenvalue weighted by Gasteiger charge is 2.70. The molecule has 17 nitrogen and oxygen atoms in total. The van der Waals surface area contributed by atoms with Crippen molar-refractivity contribution in [2.45, 2.75) is 211 Å². The second-order valence-corrected chi connectivity index (χ2v) is 23.0. The summed E-state index contributed by atoms with van der Waals surface area (Å²) in [6.07, 6.45) is -14.0. The fraction of sp³-hybridized carbons (Fsp3) is 0.915. The van der Waals surface area contributed by atoms with Crippen LogP contribution in [0.4, 0.5) is 0 Å². The van der Waals surface area contributed by atoms with Gasteiger partial charge in [0, 0.05) is 10.8 Å². The number of hydrogen-bond acceptors (Lipinski definition) is 16. The number of fused-ring (bicyclic) bond motifs is 7. The summed E-state index contributed by atoms with van der Waals surface area (Å²) in [6, 6.07) is 0. The minimum Gasteiger partial charge on any atom is -0.479 e. The SMILES string of the molecule is CC1OC(OC2C(OC3C(OC4CCC5(C=O)C(CCC6(C)C5CC=C5C7CC(C)(C)CC(O)C7(C)CCC56C)C4(C)C)OC(C(=O)O)C(O)C3O)OCC(O)C2O)C(O)C(O)C1O. The molecule has 23 atom stereocenters. The lowest BCUT2D eigenvalue weighted by atomic mass is 9.33. The molecule has 5 aliphatic carbocycles. The van der Waals surface area contributed by atoms with E-state index in [0.717, 1.165) is 44.9 Å². The molecule has 0 aromatic carbocycles. The first-order valence-electron chi connectivity index (χ1n) is 23.5. The molecule has 0 spiro atoms. The number of carbonyl (C=O) groups excluding carboxylic acids is 1. The summed E-state index contributed by atoms with van der Waals surface area (Å²) < 4.78 is 36.0. The number of aldehydes is 1. The van der Waals surface area contributed by atoms with Gasteiger partial charge in [-0.15, -0.1) is 0 Å². The molecule has 64 heavy (non-hydrogen) atoms. The van der Waals surface area contributed by atoms with Crippen molar-refractivity contribution in [1.82, 2.24) is 0 Å². The average Bonchev–Trinajstić information content (AvgIpc) is 3.22. The topological polar surface area (TPSA) is 272 Å². The molecule has 364 valence electrons. The van der Waals surface area contributed by atoms with Crippen molar-refractivity contribution in [3.05, 3.63) is 11.6 Å². The number of aliphatic hydroxyl groups is 8. The molecule has 3 aliphatic heterocycles. The quantitative estimate of drug-likeness (QED) is 0.0950. The fourth-order valence-corrected chi connectivity index (χ4v) is 14.6. The van der Waals surface area contributed by atoms with Gasteiger partial charge in [0.15, 0.2) is 25.0 Å². The predicted molar refractivity (Wildman–Crippen MR) is 224 cm³/mol. The normalized spacial score (nSPS) is 54.6. The van der Waals surface area contributed by atoms with Crippen LogP contribution in [0.5, 0.6) is 0 Å². The predicted octanol–water partition coefficient (Wildman–Crippen LogP) is 1.55. The van der Waals surface area contributed by atoms with Crippen LogP contribution < -0.4 is 0 Å². The summed E-state index contributed by atoms with van der Waals surface area (Å²) >= 11 is 0. The van der Waals surface area contributed by atoms with Crippen LogP contribution in [0.3, 0.4) is 0 Å². The summed E-state index contributed by atoms with van der Waals surface area (Å²) in [5, 5.41) is 97.3. The molecular weight excluding hydrogens is 837 g/mol. The highest BCUT2D eigenvalue weighted by molar-refractivity contribution is 5.73. The van der Waals surface area contributed by atoms with Crippen molar-refractivity contribution in [2.24, 2.45) is 50.2 Å². The van der Waals surface area contributed by atoms with E-state index in [0.29, 0.717) is 12.8 Å². The number of allylic oxidation sites excluding steroid dienone is 2. The average molecular weight is 911 g/mol. The molecule has 3 saturated heterocycles. The maximum absolute atomic E-state index is 14.0. The Morgan fingerprint density at radius 2 is 1.39 bits per heavy atom. The lowest BCUT2D eigenvalue weighted by molar-refractivity contribution is -0.386. The molecule has 3 heterocycles. The van der Waals surface area contributed by atoms with Crippen molar-refractivity contribution in [1.29, 1.82) is 0 Å². The Morgan fingerprint density at radius 3 is 2.06 bits per heavy atom. The first-order chi connectivity index (χ1) is 29.8. The number of carboxylic acids is 1. The Hall–Kier alpha value is -1.68. The van der Waals surface area contributed by atoms with Gasteiger partial charge in [-0.1, -0.05) is 60.1 Å². The smallest absolute Gasteiger partial charge is 0.335 e. The van der Waals surface area contributed by atoms with Gasteiger partial charge >= 0.3 is 5.97 Å². The second-order valence-electron chi connectivity index (χ2n) is 23.0. The van der Waals surface area contributed by atoms with Gasteiger partial charge in [0.25, 0.3) is 0 Å². The summed E-state index contributed by atoms with van der Waals surface area (Å²) in [5.41, 5.74) is -0.586. The molecule has 8 aliphatic rings. The van der Waals surface area contributed by atoms with Crippen molar-refractivity contribution in [3.63, 3.8) is 0 Å². The van der Waals surface area contributed by atoms with E-state index in [1.54, 1.807) is 0 Å². The minimum atomic E-state index is -2.01. The Kier molecular flexibility index (Phi) is 12.8. The van der Waals surface area contributed by atoms with Gasteiger partial charge in [-0.05, 0) is 104 Å². The van der Waals surface area contributed by atoms with Crippen LogP contribution in [0.25, 0.3) is 0 Å². The fourth-order valence-electron chi connectivity index (χ4n) is 14.6. The van der Waals surface area contributed by atoms with Gasteiger partial charge in [0.05, 0.1) is 24.9 Å². The summed E-state index contributed by atoms with van der Waals surface area (Å²) in [7, 11) is 0. The van der Waals surface area contributed by atoms with E-state index in [1.807, 2.05) is 13.8 Å². The molecule has 0 amide bonds. The molecule has 0 aromatic heterocycles. The number of ether oxygens (including phenoxy) is 6. The Balaban J connectivity index is 1.06. The molecule has 0 radical (unpaired) electrons. The van der Waals surface area contributed by atoms with E-state index < -0.39 is 116 Å². The monoisotopic (exact) mass is 910 g/mol. The Morgan fingerprint density at radius 1 is 0.719 bits per heavy atom. The standard InChI is InChI=1S/C47H74O17/c1-21-29(51)31(53)34(56)39(60-21)63-36-30(52)24(49)19-59-40(36)64-37-33(55)32(54)35(38(57)58)62-41(37)61-28-12-14-47(20-48)25(43(28,4)5)11-13-46(8)26(47)10-9-22-23-17-42(2,3)18-27(50)44(23,6)15-16-45(22,46)7/h9,20-21,23-37,39-41,49-56H,10-19H2,1-8H3,(H,57,58). The minimum absolute atomic E-state index is 0.0000364. The van der Waals surface area contributed by atoms with Gasteiger partial charge < -0.3 is 79.2 Å². The van der Waals surface area contributed by atoms with Crippen LogP contribution in [-0.4, -0.2) is 163 Å². The second kappa shape index (κ2) is 16.8. The van der Waals surface area contributed by atoms with E-state index >= 15 is 0 Å². The maximum atomic E-state index is 14.0.